The van der Waals surface area contributed by atoms with Crippen LogP contribution in [0.5, 0.6) is 5.75 Å². The number of hydrogen-bond donors (Lipinski definition) is 0. The number of carbonyl (C=O) groups excluding carboxylic acids is 1. The largest absolute Gasteiger partial charge is 0.490 e. The number of ether oxygens (including phenoxy) is 2. The summed E-state index contributed by atoms with van der Waals surface area (Å²) in [6.45, 7) is 6.18. The maximum absolute atomic E-state index is 12.7. The predicted octanol–water partition coefficient (Wildman–Crippen LogP) is 5.32. The van der Waals surface area contributed by atoms with Gasteiger partial charge in [0.1, 0.15) is 16.8 Å². The molecule has 2 amide bonds. The van der Waals surface area contributed by atoms with Gasteiger partial charge in [-0.15, -0.1) is 11.3 Å². The zero-order valence-corrected chi connectivity index (χ0v) is 20.6. The molecule has 1 saturated heterocycles. The lowest BCUT2D eigenvalue weighted by atomic mass is 10.0. The molecule has 1 aliphatic carbocycles. The Morgan fingerprint density at radius 1 is 1.20 bits per heavy atom. The van der Waals surface area contributed by atoms with Crippen molar-refractivity contribution in [2.75, 3.05) is 26.3 Å². The lowest BCUT2D eigenvalue weighted by Gasteiger charge is -2.24. The van der Waals surface area contributed by atoms with Gasteiger partial charge >= 0.3 is 6.03 Å². The van der Waals surface area contributed by atoms with Crippen LogP contribution in [0.4, 0.5) is 4.79 Å². The first kappa shape index (κ1) is 23.2. The third kappa shape index (κ3) is 4.83. The molecule has 7 nitrogen and oxygen atoms in total. The highest BCUT2D eigenvalue weighted by atomic mass is 32.1. The van der Waals surface area contributed by atoms with Gasteiger partial charge in [0.05, 0.1) is 35.5 Å². The van der Waals surface area contributed by atoms with Gasteiger partial charge in [0.2, 0.25) is 0 Å². The maximum atomic E-state index is 12.7. The molecule has 35 heavy (non-hydrogen) atoms. The van der Waals surface area contributed by atoms with Crippen molar-refractivity contribution in [3.05, 3.63) is 59.3 Å². The number of nitrogens with zero attached hydrogens (tertiary/aromatic N) is 4. The Hall–Kier alpha value is -3.54. The van der Waals surface area contributed by atoms with Crippen LogP contribution in [0, 0.1) is 11.3 Å². The second kappa shape index (κ2) is 9.98. The molecule has 178 valence electrons. The van der Waals surface area contributed by atoms with Crippen molar-refractivity contribution in [3.8, 4) is 32.8 Å². The number of fused-ring (bicyclic) bond motifs is 1. The molecule has 3 aromatic rings. The summed E-state index contributed by atoms with van der Waals surface area (Å²) in [5.74, 6) is 0.586. The normalized spacial score (nSPS) is 16.4. The van der Waals surface area contributed by atoms with Crippen LogP contribution in [-0.2, 0) is 11.2 Å². The molecule has 0 spiro atoms. The molecule has 1 aromatic heterocycles. The highest BCUT2D eigenvalue weighted by molar-refractivity contribution is 7.18. The van der Waals surface area contributed by atoms with Gasteiger partial charge in [-0.05, 0) is 56.0 Å². The minimum atomic E-state index is -0.181. The standard InChI is InChI=1S/C27H26N4O3S/c1-17(2)34-24-9-6-18(14-19(24)15-28)26-29-16-25(35-26)22-5-3-4-21-20(22)7-8-23(21)30-27(32)31-10-12-33-13-11-31/h3-6,9,14,16-17H,7-8,10-13H2,1-2H3. The molecular weight excluding hydrogens is 460 g/mol. The molecule has 2 aromatic carbocycles. The third-order valence-corrected chi connectivity index (χ3v) is 7.17. The smallest absolute Gasteiger partial charge is 0.343 e. The zero-order valence-electron chi connectivity index (χ0n) is 19.8. The van der Waals surface area contributed by atoms with E-state index < -0.39 is 0 Å². The first-order valence-corrected chi connectivity index (χ1v) is 12.6. The van der Waals surface area contributed by atoms with E-state index in [4.69, 9.17) is 9.47 Å². The van der Waals surface area contributed by atoms with E-state index in [0.29, 0.717) is 37.6 Å². The quantitative estimate of drug-likeness (QED) is 0.498. The van der Waals surface area contributed by atoms with Crippen LogP contribution < -0.4 is 4.74 Å². The van der Waals surface area contributed by atoms with E-state index in [1.807, 2.05) is 50.4 Å². The van der Waals surface area contributed by atoms with Gasteiger partial charge in [0.25, 0.3) is 0 Å². The molecular formula is C27H26N4O3S. The number of amides is 2. The summed E-state index contributed by atoms with van der Waals surface area (Å²) < 4.78 is 11.1. The van der Waals surface area contributed by atoms with E-state index >= 15 is 0 Å². The second-order valence-electron chi connectivity index (χ2n) is 8.79. The van der Waals surface area contributed by atoms with Crippen LogP contribution in [0.2, 0.25) is 0 Å². The van der Waals surface area contributed by atoms with E-state index in [9.17, 15) is 10.1 Å². The first-order valence-electron chi connectivity index (χ1n) is 11.8. The molecule has 0 atom stereocenters. The van der Waals surface area contributed by atoms with Crippen LogP contribution in [0.3, 0.4) is 0 Å². The molecule has 8 heteroatoms. The summed E-state index contributed by atoms with van der Waals surface area (Å²) in [5, 5.41) is 10.4. The summed E-state index contributed by atoms with van der Waals surface area (Å²) >= 11 is 1.59. The van der Waals surface area contributed by atoms with E-state index in [-0.39, 0.29) is 12.1 Å². The Kier molecular flexibility index (Phi) is 6.62. The minimum absolute atomic E-state index is 0.00261. The lowest BCUT2D eigenvalue weighted by Crippen LogP contribution is -2.39. The van der Waals surface area contributed by atoms with Gasteiger partial charge in [0, 0.05) is 30.4 Å². The van der Waals surface area contributed by atoms with E-state index in [1.165, 1.54) is 5.56 Å². The molecule has 0 bridgehead atoms. The van der Waals surface area contributed by atoms with Crippen molar-refractivity contribution in [2.45, 2.75) is 32.8 Å². The Labute approximate surface area is 208 Å². The monoisotopic (exact) mass is 486 g/mol. The Bertz CT molecular complexity index is 1330. The van der Waals surface area contributed by atoms with Crippen LogP contribution in [0.1, 0.15) is 37.0 Å². The van der Waals surface area contributed by atoms with E-state index in [2.05, 4.69) is 22.1 Å². The number of thiazole rings is 1. The fourth-order valence-corrected chi connectivity index (χ4v) is 5.40. The van der Waals surface area contributed by atoms with Gasteiger partial charge in [0.15, 0.2) is 0 Å². The molecule has 0 radical (unpaired) electrons. The summed E-state index contributed by atoms with van der Waals surface area (Å²) in [6, 6.07) is 13.8. The van der Waals surface area contributed by atoms with Crippen molar-refractivity contribution >= 4 is 23.1 Å². The third-order valence-electron chi connectivity index (χ3n) is 6.09. The zero-order chi connectivity index (χ0) is 24.4. The molecule has 0 unspecified atom stereocenters. The molecule has 2 heterocycles. The fraction of sp³-hybridized carbons (Fsp3) is 0.333. The number of carbonyl (C=O) groups is 1. The Balaban J connectivity index is 1.42. The van der Waals surface area contributed by atoms with Crippen molar-refractivity contribution in [3.63, 3.8) is 0 Å². The van der Waals surface area contributed by atoms with Crippen molar-refractivity contribution in [1.29, 1.82) is 5.26 Å². The number of aliphatic imine (C=N–C) groups is 1. The van der Waals surface area contributed by atoms with Gasteiger partial charge < -0.3 is 14.4 Å². The molecule has 2 aliphatic rings. The van der Waals surface area contributed by atoms with Gasteiger partial charge in [-0.3, -0.25) is 0 Å². The number of urea groups is 1. The number of morpholine rings is 1. The summed E-state index contributed by atoms with van der Waals surface area (Å²) in [6.07, 6.45) is 3.47. The second-order valence-corrected chi connectivity index (χ2v) is 9.82. The van der Waals surface area contributed by atoms with Crippen LogP contribution >= 0.6 is 11.3 Å². The fourth-order valence-electron chi connectivity index (χ4n) is 4.43. The highest BCUT2D eigenvalue weighted by Crippen LogP contribution is 2.38. The molecule has 0 N–H and O–H groups in total. The lowest BCUT2D eigenvalue weighted by molar-refractivity contribution is 0.0555. The number of rotatable bonds is 4. The summed E-state index contributed by atoms with van der Waals surface area (Å²) in [5.41, 5.74) is 5.60. The summed E-state index contributed by atoms with van der Waals surface area (Å²) in [7, 11) is 0. The van der Waals surface area contributed by atoms with Gasteiger partial charge in [-0.1, -0.05) is 18.2 Å². The number of nitriles is 1. The molecule has 5 rings (SSSR count). The van der Waals surface area contributed by atoms with Gasteiger partial charge in [-0.2, -0.15) is 10.3 Å². The Morgan fingerprint density at radius 2 is 2.00 bits per heavy atom. The maximum Gasteiger partial charge on any atom is 0.343 e. The first-order chi connectivity index (χ1) is 17.0. The number of benzene rings is 2. The van der Waals surface area contributed by atoms with Crippen LogP contribution in [0.15, 0.2) is 47.6 Å². The summed E-state index contributed by atoms with van der Waals surface area (Å²) in [4.78, 5) is 24.6. The van der Waals surface area contributed by atoms with Crippen molar-refractivity contribution < 1.29 is 14.3 Å². The predicted molar refractivity (Wildman–Crippen MR) is 136 cm³/mol. The van der Waals surface area contributed by atoms with Gasteiger partial charge in [-0.25, -0.2) is 9.78 Å². The number of hydrogen-bond acceptors (Lipinski definition) is 6. The number of aromatic nitrogens is 1. The average Bonchev–Trinajstić information content (AvgIpc) is 3.52. The molecule has 1 fully saturated rings. The van der Waals surface area contributed by atoms with Crippen molar-refractivity contribution in [1.82, 2.24) is 9.88 Å². The minimum Gasteiger partial charge on any atom is -0.490 e. The van der Waals surface area contributed by atoms with Crippen LogP contribution in [0.25, 0.3) is 21.0 Å². The van der Waals surface area contributed by atoms with Crippen molar-refractivity contribution in [2.24, 2.45) is 4.99 Å². The topological polar surface area (TPSA) is 87.8 Å². The average molecular weight is 487 g/mol. The molecule has 1 aliphatic heterocycles. The van der Waals surface area contributed by atoms with Crippen LogP contribution in [-0.4, -0.2) is 54.0 Å². The Morgan fingerprint density at radius 3 is 2.77 bits per heavy atom. The molecule has 0 saturated carbocycles. The van der Waals surface area contributed by atoms with E-state index in [0.717, 1.165) is 45.1 Å². The highest BCUT2D eigenvalue weighted by Gasteiger charge is 2.25. The SMILES string of the molecule is CC(C)Oc1ccc(-c2ncc(-c3cccc4c3CCC4=NC(=O)N3CCOCC3)s2)cc1C#N. The van der Waals surface area contributed by atoms with E-state index in [1.54, 1.807) is 16.2 Å².